The second-order valence-corrected chi connectivity index (χ2v) is 7.20. The number of methoxy groups -OCH3 is 1. The van der Waals surface area contributed by atoms with Crippen molar-refractivity contribution in [3.8, 4) is 5.75 Å². The second-order valence-electron chi connectivity index (χ2n) is 7.20. The van der Waals surface area contributed by atoms with Gasteiger partial charge in [0.2, 0.25) is 0 Å². The minimum atomic E-state index is -0.0457. The summed E-state index contributed by atoms with van der Waals surface area (Å²) in [5.74, 6) is 0.642. The Hall–Kier alpha value is -2.53. The third kappa shape index (κ3) is 4.25. The Morgan fingerprint density at radius 3 is 2.22 bits per heavy atom. The van der Waals surface area contributed by atoms with E-state index in [2.05, 4.69) is 23.6 Å². The van der Waals surface area contributed by atoms with Crippen LogP contribution in [0.25, 0.3) is 0 Å². The average molecular weight is 367 g/mol. The smallest absolute Gasteiger partial charge is 0.258 e. The molecule has 144 valence electrons. The molecule has 2 aromatic carbocycles. The first kappa shape index (κ1) is 19.2. The maximum Gasteiger partial charge on any atom is 0.258 e. The fourth-order valence-corrected chi connectivity index (χ4v) is 3.52. The van der Waals surface area contributed by atoms with Crippen LogP contribution in [0.4, 0.5) is 11.4 Å². The highest BCUT2D eigenvalue weighted by Crippen LogP contribution is 2.28. The number of carbonyl (C=O) groups is 1. The van der Waals surface area contributed by atoms with Gasteiger partial charge in [-0.1, -0.05) is 12.1 Å². The van der Waals surface area contributed by atoms with Gasteiger partial charge in [-0.3, -0.25) is 9.69 Å². The van der Waals surface area contributed by atoms with Crippen molar-refractivity contribution >= 4 is 17.3 Å². The van der Waals surface area contributed by atoms with Crippen LogP contribution in [0.15, 0.2) is 48.5 Å². The fourth-order valence-electron chi connectivity index (χ4n) is 3.52. The van der Waals surface area contributed by atoms with Gasteiger partial charge in [0.1, 0.15) is 5.75 Å². The fraction of sp³-hybridized carbons (Fsp3) is 0.409. The van der Waals surface area contributed by atoms with Gasteiger partial charge < -0.3 is 14.5 Å². The van der Waals surface area contributed by atoms with E-state index in [0.717, 1.165) is 31.9 Å². The molecule has 1 saturated heterocycles. The molecule has 0 radical (unpaired) electrons. The zero-order valence-electron chi connectivity index (χ0n) is 16.7. The van der Waals surface area contributed by atoms with Crippen LogP contribution in [0, 0.1) is 0 Å². The molecule has 1 fully saturated rings. The first-order valence-electron chi connectivity index (χ1n) is 9.51. The van der Waals surface area contributed by atoms with E-state index in [9.17, 15) is 4.79 Å². The lowest BCUT2D eigenvalue weighted by Gasteiger charge is -2.38. The highest BCUT2D eigenvalue weighted by atomic mass is 16.5. The SMILES string of the molecule is COc1ccccc1N(C)C(=O)c1ccc(N2CCN(C(C)C)CC2)cc1. The van der Waals surface area contributed by atoms with Crippen LogP contribution in [0.5, 0.6) is 5.75 Å². The highest BCUT2D eigenvalue weighted by Gasteiger charge is 2.20. The number of nitrogens with zero attached hydrogens (tertiary/aromatic N) is 3. The minimum Gasteiger partial charge on any atom is -0.495 e. The van der Waals surface area contributed by atoms with E-state index in [1.54, 1.807) is 19.1 Å². The van der Waals surface area contributed by atoms with E-state index >= 15 is 0 Å². The lowest BCUT2D eigenvalue weighted by molar-refractivity contribution is 0.0992. The molecule has 1 aliphatic heterocycles. The molecule has 0 aromatic heterocycles. The summed E-state index contributed by atoms with van der Waals surface area (Å²) in [6.07, 6.45) is 0. The van der Waals surface area contributed by atoms with Gasteiger partial charge >= 0.3 is 0 Å². The molecule has 0 aliphatic carbocycles. The van der Waals surface area contributed by atoms with Gasteiger partial charge in [0.25, 0.3) is 5.91 Å². The second kappa shape index (κ2) is 8.44. The zero-order chi connectivity index (χ0) is 19.4. The number of para-hydroxylation sites is 2. The van der Waals surface area contributed by atoms with Crippen LogP contribution in [0.1, 0.15) is 24.2 Å². The first-order chi connectivity index (χ1) is 13.0. The molecule has 2 aromatic rings. The maximum absolute atomic E-state index is 12.9. The lowest BCUT2D eigenvalue weighted by Crippen LogP contribution is -2.48. The van der Waals surface area contributed by atoms with Crippen molar-refractivity contribution in [3.05, 3.63) is 54.1 Å². The number of carbonyl (C=O) groups excluding carboxylic acids is 1. The number of hydrogen-bond donors (Lipinski definition) is 0. The topological polar surface area (TPSA) is 36.0 Å². The quantitative estimate of drug-likeness (QED) is 0.810. The Labute approximate surface area is 162 Å². The van der Waals surface area contributed by atoms with E-state index in [4.69, 9.17) is 4.74 Å². The predicted octanol–water partition coefficient (Wildman–Crippen LogP) is 3.50. The molecule has 1 heterocycles. The summed E-state index contributed by atoms with van der Waals surface area (Å²) in [5, 5.41) is 0. The molecule has 0 spiro atoms. The van der Waals surface area contributed by atoms with Gasteiger partial charge in [0.05, 0.1) is 12.8 Å². The van der Waals surface area contributed by atoms with Crippen LogP contribution in [0.2, 0.25) is 0 Å². The molecule has 0 atom stereocenters. The summed E-state index contributed by atoms with van der Waals surface area (Å²) < 4.78 is 5.37. The summed E-state index contributed by atoms with van der Waals surface area (Å²) in [7, 11) is 3.39. The van der Waals surface area contributed by atoms with Crippen LogP contribution >= 0.6 is 0 Å². The van der Waals surface area contributed by atoms with Crippen LogP contribution < -0.4 is 14.5 Å². The van der Waals surface area contributed by atoms with Gasteiger partial charge in [0.15, 0.2) is 0 Å². The lowest BCUT2D eigenvalue weighted by atomic mass is 10.1. The number of benzene rings is 2. The van der Waals surface area contributed by atoms with Crippen molar-refractivity contribution in [2.75, 3.05) is 50.1 Å². The summed E-state index contributed by atoms with van der Waals surface area (Å²) in [4.78, 5) is 19.4. The molecule has 1 amide bonds. The number of piperazine rings is 1. The van der Waals surface area contributed by atoms with Crippen molar-refractivity contribution in [2.45, 2.75) is 19.9 Å². The molecule has 5 heteroatoms. The predicted molar refractivity (Wildman–Crippen MR) is 111 cm³/mol. The zero-order valence-corrected chi connectivity index (χ0v) is 16.7. The molecule has 0 bridgehead atoms. The monoisotopic (exact) mass is 367 g/mol. The summed E-state index contributed by atoms with van der Waals surface area (Å²) in [6.45, 7) is 8.69. The van der Waals surface area contributed by atoms with E-state index in [1.807, 2.05) is 48.5 Å². The molecule has 0 N–H and O–H groups in total. The number of amides is 1. The van der Waals surface area contributed by atoms with E-state index < -0.39 is 0 Å². The van der Waals surface area contributed by atoms with Crippen LogP contribution in [-0.2, 0) is 0 Å². The van der Waals surface area contributed by atoms with Gasteiger partial charge in [-0.2, -0.15) is 0 Å². The van der Waals surface area contributed by atoms with Crippen molar-refractivity contribution in [2.24, 2.45) is 0 Å². The molecule has 0 unspecified atom stereocenters. The van der Waals surface area contributed by atoms with Gasteiger partial charge in [-0.25, -0.2) is 0 Å². The summed E-state index contributed by atoms with van der Waals surface area (Å²) in [5.41, 5.74) is 2.61. The van der Waals surface area contributed by atoms with Crippen molar-refractivity contribution in [1.29, 1.82) is 0 Å². The van der Waals surface area contributed by atoms with Crippen molar-refractivity contribution in [1.82, 2.24) is 4.90 Å². The Bertz CT molecular complexity index is 765. The standard InChI is InChI=1S/C22H29N3O2/c1-17(2)24-13-15-25(16-14-24)19-11-9-18(10-12-19)22(26)23(3)20-7-5-6-8-21(20)27-4/h5-12,17H,13-16H2,1-4H3. The van der Waals surface area contributed by atoms with E-state index in [0.29, 0.717) is 17.4 Å². The Kier molecular flexibility index (Phi) is 6.01. The third-order valence-electron chi connectivity index (χ3n) is 5.28. The van der Waals surface area contributed by atoms with Crippen LogP contribution in [-0.4, -0.2) is 57.2 Å². The van der Waals surface area contributed by atoms with Gasteiger partial charge in [-0.15, -0.1) is 0 Å². The number of rotatable bonds is 5. The molecule has 27 heavy (non-hydrogen) atoms. The first-order valence-corrected chi connectivity index (χ1v) is 9.51. The molecule has 0 saturated carbocycles. The Morgan fingerprint density at radius 1 is 1.00 bits per heavy atom. The van der Waals surface area contributed by atoms with Crippen molar-refractivity contribution < 1.29 is 9.53 Å². The largest absolute Gasteiger partial charge is 0.495 e. The number of hydrogen-bond acceptors (Lipinski definition) is 4. The van der Waals surface area contributed by atoms with Gasteiger partial charge in [0, 0.05) is 50.5 Å². The summed E-state index contributed by atoms with van der Waals surface area (Å²) >= 11 is 0. The Morgan fingerprint density at radius 2 is 1.63 bits per heavy atom. The van der Waals surface area contributed by atoms with Crippen LogP contribution in [0.3, 0.4) is 0 Å². The molecule has 3 rings (SSSR count). The third-order valence-corrected chi connectivity index (χ3v) is 5.28. The molecular weight excluding hydrogens is 338 g/mol. The minimum absolute atomic E-state index is 0.0457. The normalized spacial score (nSPS) is 15.1. The highest BCUT2D eigenvalue weighted by molar-refractivity contribution is 6.06. The van der Waals surface area contributed by atoms with E-state index in [1.165, 1.54) is 5.69 Å². The van der Waals surface area contributed by atoms with Gasteiger partial charge in [-0.05, 0) is 50.2 Å². The number of anilines is 2. The molecular formula is C22H29N3O2. The maximum atomic E-state index is 12.9. The average Bonchev–Trinajstić information content (AvgIpc) is 2.72. The molecule has 5 nitrogen and oxygen atoms in total. The Balaban J connectivity index is 1.69. The molecule has 1 aliphatic rings. The number of ether oxygens (including phenoxy) is 1. The summed E-state index contributed by atoms with van der Waals surface area (Å²) in [6, 6.07) is 16.1. The van der Waals surface area contributed by atoms with Crippen molar-refractivity contribution in [3.63, 3.8) is 0 Å². The van der Waals surface area contributed by atoms with E-state index in [-0.39, 0.29) is 5.91 Å².